The van der Waals surface area contributed by atoms with Gasteiger partial charge >= 0.3 is 0 Å². The van der Waals surface area contributed by atoms with Crippen LogP contribution in [0.1, 0.15) is 11.3 Å². The van der Waals surface area contributed by atoms with Crippen LogP contribution in [-0.2, 0) is 6.42 Å². The van der Waals surface area contributed by atoms with E-state index in [1.54, 1.807) is 6.20 Å². The zero-order valence-corrected chi connectivity index (χ0v) is 17.0. The van der Waals surface area contributed by atoms with Crippen molar-refractivity contribution in [3.8, 4) is 33.9 Å². The normalized spacial score (nSPS) is 10.7. The van der Waals surface area contributed by atoms with E-state index in [-0.39, 0.29) is 0 Å². The summed E-state index contributed by atoms with van der Waals surface area (Å²) in [6.45, 7) is 0. The maximum absolute atomic E-state index is 4.98. The average Bonchev–Trinajstić information content (AvgIpc) is 2.86. The Morgan fingerprint density at radius 2 is 1.16 bits per heavy atom. The Hall–Kier alpha value is -4.11. The third-order valence-electron chi connectivity index (χ3n) is 5.15. The van der Waals surface area contributed by atoms with Gasteiger partial charge in [-0.1, -0.05) is 72.8 Å². The maximum atomic E-state index is 4.98. The molecule has 0 radical (unpaired) electrons. The summed E-state index contributed by atoms with van der Waals surface area (Å²) in [5, 5.41) is 0. The number of aromatic nitrogens is 3. The molecule has 0 saturated carbocycles. The summed E-state index contributed by atoms with van der Waals surface area (Å²) >= 11 is 0. The average molecular weight is 399 g/mol. The highest BCUT2D eigenvalue weighted by molar-refractivity contribution is 5.71. The molecule has 3 heteroatoms. The van der Waals surface area contributed by atoms with Gasteiger partial charge in [0.25, 0.3) is 0 Å². The Morgan fingerprint density at radius 3 is 1.90 bits per heavy atom. The molecule has 0 fully saturated rings. The molecule has 0 N–H and O–H groups in total. The first kappa shape index (κ1) is 18.9. The molecule has 0 unspecified atom stereocenters. The zero-order valence-electron chi connectivity index (χ0n) is 17.0. The molecule has 0 bridgehead atoms. The molecule has 0 aliphatic rings. The number of rotatable bonds is 5. The summed E-state index contributed by atoms with van der Waals surface area (Å²) in [6, 6.07) is 37.0. The van der Waals surface area contributed by atoms with Crippen LogP contribution in [0.2, 0.25) is 0 Å². The Balaban J connectivity index is 1.60. The highest BCUT2D eigenvalue weighted by Gasteiger charge is 2.10. The molecule has 5 rings (SSSR count). The fraction of sp³-hybridized carbons (Fsp3) is 0.0357. The van der Waals surface area contributed by atoms with E-state index in [9.17, 15) is 0 Å². The predicted molar refractivity (Wildman–Crippen MR) is 125 cm³/mol. The molecule has 3 aromatic heterocycles. The summed E-state index contributed by atoms with van der Waals surface area (Å²) in [5.41, 5.74) is 7.97. The van der Waals surface area contributed by atoms with Gasteiger partial charge in [-0.05, 0) is 53.1 Å². The van der Waals surface area contributed by atoms with Gasteiger partial charge in [-0.25, -0.2) is 4.98 Å². The number of hydrogen-bond acceptors (Lipinski definition) is 3. The Kier molecular flexibility index (Phi) is 5.31. The van der Waals surface area contributed by atoms with Crippen LogP contribution in [0, 0.1) is 0 Å². The lowest BCUT2D eigenvalue weighted by atomic mass is 10.0. The van der Waals surface area contributed by atoms with Crippen LogP contribution in [0.3, 0.4) is 0 Å². The van der Waals surface area contributed by atoms with E-state index in [2.05, 4.69) is 65.6 Å². The lowest BCUT2D eigenvalue weighted by Gasteiger charge is -2.10. The summed E-state index contributed by atoms with van der Waals surface area (Å²) in [7, 11) is 0. The molecule has 0 aliphatic heterocycles. The second-order valence-electron chi connectivity index (χ2n) is 7.38. The first-order chi connectivity index (χ1) is 15.3. The lowest BCUT2D eigenvalue weighted by molar-refractivity contribution is 1.07. The van der Waals surface area contributed by atoms with Crippen molar-refractivity contribution in [2.75, 3.05) is 0 Å². The van der Waals surface area contributed by atoms with Gasteiger partial charge in [-0.15, -0.1) is 0 Å². The summed E-state index contributed by atoms with van der Waals surface area (Å²) in [4.78, 5) is 14.3. The molecule has 0 saturated heterocycles. The highest BCUT2D eigenvalue weighted by atomic mass is 14.8. The van der Waals surface area contributed by atoms with Crippen LogP contribution in [-0.4, -0.2) is 15.0 Å². The molecule has 3 heterocycles. The van der Waals surface area contributed by atoms with Crippen LogP contribution in [0.4, 0.5) is 0 Å². The molecule has 0 amide bonds. The number of hydrogen-bond donors (Lipinski definition) is 0. The Morgan fingerprint density at radius 1 is 0.484 bits per heavy atom. The lowest BCUT2D eigenvalue weighted by Crippen LogP contribution is -1.98. The minimum absolute atomic E-state index is 0.772. The maximum Gasteiger partial charge on any atom is 0.0896 e. The summed E-state index contributed by atoms with van der Waals surface area (Å²) < 4.78 is 0. The van der Waals surface area contributed by atoms with Crippen molar-refractivity contribution < 1.29 is 0 Å². The molecule has 2 aromatic carbocycles. The third kappa shape index (κ3) is 4.41. The first-order valence-corrected chi connectivity index (χ1v) is 10.3. The van der Waals surface area contributed by atoms with Gasteiger partial charge < -0.3 is 0 Å². The van der Waals surface area contributed by atoms with E-state index in [4.69, 9.17) is 9.97 Å². The van der Waals surface area contributed by atoms with Crippen molar-refractivity contribution >= 4 is 0 Å². The van der Waals surface area contributed by atoms with Gasteiger partial charge in [0.2, 0.25) is 0 Å². The molecule has 0 atom stereocenters. The summed E-state index contributed by atoms with van der Waals surface area (Å²) in [5.74, 6) is 0. The molecule has 0 spiro atoms. The smallest absolute Gasteiger partial charge is 0.0896 e. The zero-order chi connectivity index (χ0) is 20.9. The van der Waals surface area contributed by atoms with Gasteiger partial charge in [0.15, 0.2) is 0 Å². The van der Waals surface area contributed by atoms with Crippen LogP contribution in [0.5, 0.6) is 0 Å². The molecule has 3 nitrogen and oxygen atoms in total. The van der Waals surface area contributed by atoms with Crippen molar-refractivity contribution in [1.29, 1.82) is 0 Å². The van der Waals surface area contributed by atoms with E-state index in [0.717, 1.165) is 40.5 Å². The Labute approximate surface area is 182 Å². The van der Waals surface area contributed by atoms with Crippen molar-refractivity contribution in [3.05, 3.63) is 127 Å². The van der Waals surface area contributed by atoms with Gasteiger partial charge in [0.05, 0.1) is 22.8 Å². The minimum Gasteiger partial charge on any atom is -0.255 e. The highest BCUT2D eigenvalue weighted by Crippen LogP contribution is 2.27. The SMILES string of the molecule is c1ccc(Cc2cc(-c3ccccc3)cc(-c3cccc(-c4ccccn4)n3)n2)cc1. The number of pyridine rings is 3. The second kappa shape index (κ2) is 8.72. The molecule has 148 valence electrons. The van der Waals surface area contributed by atoms with E-state index < -0.39 is 0 Å². The fourth-order valence-corrected chi connectivity index (χ4v) is 3.65. The fourth-order valence-electron chi connectivity index (χ4n) is 3.65. The largest absolute Gasteiger partial charge is 0.255 e. The van der Waals surface area contributed by atoms with Crippen molar-refractivity contribution in [2.45, 2.75) is 6.42 Å². The molecular weight excluding hydrogens is 378 g/mol. The first-order valence-electron chi connectivity index (χ1n) is 10.3. The van der Waals surface area contributed by atoms with Crippen molar-refractivity contribution in [1.82, 2.24) is 15.0 Å². The predicted octanol–water partition coefficient (Wildman–Crippen LogP) is 6.46. The van der Waals surface area contributed by atoms with Crippen LogP contribution in [0.15, 0.2) is 115 Å². The van der Waals surface area contributed by atoms with Gasteiger partial charge in [0.1, 0.15) is 0 Å². The second-order valence-corrected chi connectivity index (χ2v) is 7.38. The van der Waals surface area contributed by atoms with Gasteiger partial charge in [0, 0.05) is 18.3 Å². The van der Waals surface area contributed by atoms with Gasteiger partial charge in [-0.3, -0.25) is 9.97 Å². The van der Waals surface area contributed by atoms with Crippen LogP contribution >= 0.6 is 0 Å². The topological polar surface area (TPSA) is 38.7 Å². The summed E-state index contributed by atoms with van der Waals surface area (Å²) in [6.07, 6.45) is 2.56. The number of benzene rings is 2. The third-order valence-corrected chi connectivity index (χ3v) is 5.15. The van der Waals surface area contributed by atoms with E-state index in [1.807, 2.05) is 48.5 Å². The standard InChI is InChI=1S/C28H21N3/c1-3-10-21(11-4-1)18-24-19-23(22-12-5-2-6-13-22)20-28(30-24)27-16-9-15-26(31-27)25-14-7-8-17-29-25/h1-17,19-20H,18H2. The molecule has 31 heavy (non-hydrogen) atoms. The monoisotopic (exact) mass is 399 g/mol. The quantitative estimate of drug-likeness (QED) is 0.340. The van der Waals surface area contributed by atoms with Crippen molar-refractivity contribution in [2.24, 2.45) is 0 Å². The van der Waals surface area contributed by atoms with E-state index >= 15 is 0 Å². The molecule has 0 aliphatic carbocycles. The van der Waals surface area contributed by atoms with E-state index in [0.29, 0.717) is 0 Å². The Bertz CT molecular complexity index is 1280. The number of nitrogens with zero attached hydrogens (tertiary/aromatic N) is 3. The van der Waals surface area contributed by atoms with Crippen molar-refractivity contribution in [3.63, 3.8) is 0 Å². The minimum atomic E-state index is 0.772. The van der Waals surface area contributed by atoms with Crippen LogP contribution in [0.25, 0.3) is 33.9 Å². The molecule has 5 aromatic rings. The van der Waals surface area contributed by atoms with E-state index in [1.165, 1.54) is 11.1 Å². The molecular formula is C28H21N3. The van der Waals surface area contributed by atoms with Gasteiger partial charge in [-0.2, -0.15) is 0 Å². The van der Waals surface area contributed by atoms with Crippen LogP contribution < -0.4 is 0 Å².